The van der Waals surface area contributed by atoms with E-state index in [1.807, 2.05) is 0 Å². The van der Waals surface area contributed by atoms with Crippen LogP contribution in [0.15, 0.2) is 30.5 Å². The lowest BCUT2D eigenvalue weighted by molar-refractivity contribution is -0.137. The van der Waals surface area contributed by atoms with Crippen LogP contribution < -0.4 is 5.73 Å². The van der Waals surface area contributed by atoms with Gasteiger partial charge in [0.1, 0.15) is 5.75 Å². The number of rotatable bonds is 1. The third-order valence-electron chi connectivity index (χ3n) is 2.49. The predicted octanol–water partition coefficient (Wildman–Crippen LogP) is 3.71. The number of halogens is 4. The first kappa shape index (κ1) is 13.5. The molecule has 0 aliphatic rings. The fourth-order valence-corrected chi connectivity index (χ4v) is 1.81. The monoisotopic (exact) mass is 288 g/mol. The molecule has 3 N–H and O–H groups in total. The number of aromatic nitrogens is 1. The van der Waals surface area contributed by atoms with Crippen molar-refractivity contribution in [3.63, 3.8) is 0 Å². The average Bonchev–Trinajstić information content (AvgIpc) is 2.32. The van der Waals surface area contributed by atoms with E-state index in [2.05, 4.69) is 4.98 Å². The van der Waals surface area contributed by atoms with E-state index in [-0.39, 0.29) is 27.7 Å². The topological polar surface area (TPSA) is 59.1 Å². The Kier molecular flexibility index (Phi) is 3.28. The van der Waals surface area contributed by atoms with Crippen LogP contribution in [0.5, 0.6) is 5.75 Å². The van der Waals surface area contributed by atoms with Gasteiger partial charge in [0, 0.05) is 11.8 Å². The number of aromatic hydroxyl groups is 1. The maximum atomic E-state index is 12.5. The Morgan fingerprint density at radius 2 is 1.95 bits per heavy atom. The molecule has 0 aliphatic carbocycles. The van der Waals surface area contributed by atoms with E-state index in [1.165, 1.54) is 12.1 Å². The highest BCUT2D eigenvalue weighted by atomic mass is 35.5. The molecule has 0 fully saturated rings. The van der Waals surface area contributed by atoms with E-state index >= 15 is 0 Å². The molecular weight excluding hydrogens is 281 g/mol. The normalized spacial score (nSPS) is 11.6. The van der Waals surface area contributed by atoms with Crippen molar-refractivity contribution in [2.45, 2.75) is 6.18 Å². The Hall–Kier alpha value is -1.95. The molecule has 0 spiro atoms. The van der Waals surface area contributed by atoms with Crippen LogP contribution in [0.2, 0.25) is 5.02 Å². The third kappa shape index (κ3) is 2.58. The molecule has 3 nitrogen and oxygen atoms in total. The summed E-state index contributed by atoms with van der Waals surface area (Å²) in [7, 11) is 0. The molecule has 100 valence electrons. The lowest BCUT2D eigenvalue weighted by Crippen LogP contribution is -2.05. The molecule has 0 aliphatic heterocycles. The number of alkyl halides is 3. The van der Waals surface area contributed by atoms with Crippen LogP contribution in [0.3, 0.4) is 0 Å². The Labute approximate surface area is 111 Å². The lowest BCUT2D eigenvalue weighted by atomic mass is 10.1. The maximum Gasteiger partial charge on any atom is 0.417 e. The number of anilines is 1. The molecule has 0 amide bonds. The van der Waals surface area contributed by atoms with Crippen molar-refractivity contribution in [2.75, 3.05) is 5.73 Å². The van der Waals surface area contributed by atoms with Crippen molar-refractivity contribution < 1.29 is 18.3 Å². The standard InChI is InChI=1S/C12H8ClF3N2O/c13-8-4-6(12(14,15)16)5-18-10(8)7-2-1-3-9(17)11(7)19/h1-5,19H,17H2. The molecule has 0 radical (unpaired) electrons. The summed E-state index contributed by atoms with van der Waals surface area (Å²) >= 11 is 5.78. The SMILES string of the molecule is Nc1cccc(-c2ncc(C(F)(F)F)cc2Cl)c1O. The first-order valence-electron chi connectivity index (χ1n) is 5.11. The van der Waals surface area contributed by atoms with Crippen LogP contribution in [-0.2, 0) is 6.18 Å². The molecule has 1 aromatic carbocycles. The van der Waals surface area contributed by atoms with Crippen LogP contribution in [-0.4, -0.2) is 10.1 Å². The zero-order chi connectivity index (χ0) is 14.2. The number of para-hydroxylation sites is 1. The van der Waals surface area contributed by atoms with Crippen molar-refractivity contribution in [1.82, 2.24) is 4.98 Å². The van der Waals surface area contributed by atoms with Gasteiger partial charge in [-0.15, -0.1) is 0 Å². The molecule has 0 atom stereocenters. The fourth-order valence-electron chi connectivity index (χ4n) is 1.54. The summed E-state index contributed by atoms with van der Waals surface area (Å²) in [6.07, 6.45) is -3.86. The number of phenols is 1. The maximum absolute atomic E-state index is 12.5. The fraction of sp³-hybridized carbons (Fsp3) is 0.0833. The number of nitrogens with zero attached hydrogens (tertiary/aromatic N) is 1. The first-order valence-corrected chi connectivity index (χ1v) is 5.49. The molecule has 1 aromatic heterocycles. The van der Waals surface area contributed by atoms with Gasteiger partial charge in [-0.05, 0) is 18.2 Å². The van der Waals surface area contributed by atoms with E-state index in [1.54, 1.807) is 6.07 Å². The van der Waals surface area contributed by atoms with Gasteiger partial charge < -0.3 is 10.8 Å². The molecule has 2 rings (SSSR count). The summed E-state index contributed by atoms with van der Waals surface area (Å²) in [4.78, 5) is 3.65. The molecule has 0 unspecified atom stereocenters. The molecule has 7 heteroatoms. The van der Waals surface area contributed by atoms with E-state index < -0.39 is 11.7 Å². The highest BCUT2D eigenvalue weighted by Gasteiger charge is 2.31. The second kappa shape index (κ2) is 4.62. The van der Waals surface area contributed by atoms with E-state index in [9.17, 15) is 18.3 Å². The number of hydrogen-bond acceptors (Lipinski definition) is 3. The van der Waals surface area contributed by atoms with Crippen molar-refractivity contribution in [1.29, 1.82) is 0 Å². The zero-order valence-corrected chi connectivity index (χ0v) is 10.1. The van der Waals surface area contributed by atoms with Crippen molar-refractivity contribution in [3.8, 4) is 17.0 Å². The first-order chi connectivity index (χ1) is 8.80. The molecule has 0 saturated carbocycles. The van der Waals surface area contributed by atoms with Crippen molar-refractivity contribution in [2.24, 2.45) is 0 Å². The van der Waals surface area contributed by atoms with E-state index in [0.29, 0.717) is 6.20 Å². The van der Waals surface area contributed by atoms with Gasteiger partial charge in [0.05, 0.1) is 22.0 Å². The van der Waals surface area contributed by atoms with Gasteiger partial charge in [0.2, 0.25) is 0 Å². The smallest absolute Gasteiger partial charge is 0.417 e. The number of hydrogen-bond donors (Lipinski definition) is 2. The van der Waals surface area contributed by atoms with Crippen molar-refractivity contribution in [3.05, 3.63) is 41.0 Å². The highest BCUT2D eigenvalue weighted by molar-refractivity contribution is 6.33. The Balaban J connectivity index is 2.56. The number of phenolic OH excluding ortho intramolecular Hbond substituents is 1. The Morgan fingerprint density at radius 3 is 2.53 bits per heavy atom. The lowest BCUT2D eigenvalue weighted by Gasteiger charge is -2.11. The van der Waals surface area contributed by atoms with Crippen LogP contribution in [0.25, 0.3) is 11.3 Å². The second-order valence-corrected chi connectivity index (χ2v) is 4.20. The van der Waals surface area contributed by atoms with Gasteiger partial charge in [0.15, 0.2) is 0 Å². The van der Waals surface area contributed by atoms with Crippen molar-refractivity contribution >= 4 is 17.3 Å². The molecule has 19 heavy (non-hydrogen) atoms. The Morgan fingerprint density at radius 1 is 1.26 bits per heavy atom. The second-order valence-electron chi connectivity index (χ2n) is 3.80. The highest BCUT2D eigenvalue weighted by Crippen LogP contribution is 2.38. The molecular formula is C12H8ClF3N2O. The largest absolute Gasteiger partial charge is 0.505 e. The van der Waals surface area contributed by atoms with Gasteiger partial charge >= 0.3 is 6.18 Å². The van der Waals surface area contributed by atoms with Crippen LogP contribution in [0, 0.1) is 0 Å². The number of nitrogen functional groups attached to an aromatic ring is 1. The van der Waals surface area contributed by atoms with Crippen LogP contribution >= 0.6 is 11.6 Å². The summed E-state index contributed by atoms with van der Waals surface area (Å²) in [5.41, 5.74) is 4.87. The summed E-state index contributed by atoms with van der Waals surface area (Å²) in [6.45, 7) is 0. The quantitative estimate of drug-likeness (QED) is 0.621. The molecule has 0 bridgehead atoms. The van der Waals surface area contributed by atoms with Crippen LogP contribution in [0.1, 0.15) is 5.56 Å². The number of nitrogens with two attached hydrogens (primary N) is 1. The number of pyridine rings is 1. The minimum Gasteiger partial charge on any atom is -0.505 e. The molecule has 2 aromatic rings. The van der Waals surface area contributed by atoms with E-state index in [0.717, 1.165) is 6.07 Å². The van der Waals surface area contributed by atoms with Gasteiger partial charge in [-0.1, -0.05) is 17.7 Å². The van der Waals surface area contributed by atoms with Gasteiger partial charge in [-0.3, -0.25) is 4.98 Å². The molecule has 1 heterocycles. The van der Waals surface area contributed by atoms with Gasteiger partial charge in [0.25, 0.3) is 0 Å². The zero-order valence-electron chi connectivity index (χ0n) is 9.37. The third-order valence-corrected chi connectivity index (χ3v) is 2.78. The molecule has 0 saturated heterocycles. The number of benzene rings is 1. The summed E-state index contributed by atoms with van der Waals surface area (Å²) in [6, 6.07) is 5.22. The van der Waals surface area contributed by atoms with Crippen LogP contribution in [0.4, 0.5) is 18.9 Å². The summed E-state index contributed by atoms with van der Waals surface area (Å²) in [5.74, 6) is -0.267. The minimum absolute atomic E-state index is 0.0412. The Bertz CT molecular complexity index is 629. The van der Waals surface area contributed by atoms with Gasteiger partial charge in [-0.2, -0.15) is 13.2 Å². The summed E-state index contributed by atoms with van der Waals surface area (Å²) < 4.78 is 37.4. The summed E-state index contributed by atoms with van der Waals surface area (Å²) in [5, 5.41) is 9.55. The van der Waals surface area contributed by atoms with E-state index in [4.69, 9.17) is 17.3 Å². The minimum atomic E-state index is -4.52. The van der Waals surface area contributed by atoms with Gasteiger partial charge in [-0.25, -0.2) is 0 Å². The average molecular weight is 289 g/mol. The predicted molar refractivity (Wildman–Crippen MR) is 65.8 cm³/mol.